The van der Waals surface area contributed by atoms with E-state index in [0.717, 1.165) is 0 Å². The van der Waals surface area contributed by atoms with Crippen molar-refractivity contribution in [2.45, 2.75) is 19.9 Å². The van der Waals surface area contributed by atoms with Crippen molar-refractivity contribution in [1.82, 2.24) is 9.78 Å². The summed E-state index contributed by atoms with van der Waals surface area (Å²) in [7, 11) is 0. The highest BCUT2D eigenvalue weighted by molar-refractivity contribution is 6.31. The van der Waals surface area contributed by atoms with Gasteiger partial charge in [0.15, 0.2) is 5.78 Å². The fraction of sp³-hybridized carbons (Fsp3) is 0.231. The van der Waals surface area contributed by atoms with Crippen molar-refractivity contribution < 1.29 is 9.18 Å². The van der Waals surface area contributed by atoms with Gasteiger partial charge >= 0.3 is 0 Å². The molecule has 0 saturated heterocycles. The van der Waals surface area contributed by atoms with Crippen molar-refractivity contribution in [2.24, 2.45) is 0 Å². The average molecular weight is 267 g/mol. The van der Waals surface area contributed by atoms with Gasteiger partial charge in [-0.2, -0.15) is 5.10 Å². The molecule has 2 rings (SSSR count). The molecule has 0 saturated carbocycles. The highest BCUT2D eigenvalue weighted by Gasteiger charge is 2.12. The first kappa shape index (κ1) is 12.8. The third-order valence-electron chi connectivity index (χ3n) is 2.65. The average Bonchev–Trinajstić information content (AvgIpc) is 2.81. The monoisotopic (exact) mass is 266 g/mol. The third-order valence-corrected chi connectivity index (χ3v) is 3.00. The van der Waals surface area contributed by atoms with E-state index in [1.165, 1.54) is 24.4 Å². The maximum absolute atomic E-state index is 12.9. The Morgan fingerprint density at radius 1 is 1.50 bits per heavy atom. The summed E-state index contributed by atoms with van der Waals surface area (Å²) in [6, 6.07) is 4.03. The predicted molar refractivity (Wildman–Crippen MR) is 67.3 cm³/mol. The van der Waals surface area contributed by atoms with Crippen molar-refractivity contribution >= 4 is 17.4 Å². The minimum atomic E-state index is -0.407. The molecular weight excluding hydrogens is 255 g/mol. The molecule has 0 fully saturated rings. The molecule has 0 N–H and O–H groups in total. The van der Waals surface area contributed by atoms with E-state index in [0.29, 0.717) is 17.7 Å². The van der Waals surface area contributed by atoms with Crippen LogP contribution in [-0.4, -0.2) is 15.6 Å². The lowest BCUT2D eigenvalue weighted by Crippen LogP contribution is -2.03. The summed E-state index contributed by atoms with van der Waals surface area (Å²) < 4.78 is 14.6. The van der Waals surface area contributed by atoms with Crippen molar-refractivity contribution in [3.05, 3.63) is 52.6 Å². The van der Waals surface area contributed by atoms with E-state index in [9.17, 15) is 9.18 Å². The summed E-state index contributed by atoms with van der Waals surface area (Å²) in [4.78, 5) is 12.0. The van der Waals surface area contributed by atoms with Crippen LogP contribution in [0.1, 0.15) is 22.8 Å². The Labute approximate surface area is 109 Å². The molecule has 2 aromatic rings. The minimum Gasteiger partial charge on any atom is -0.294 e. The summed E-state index contributed by atoms with van der Waals surface area (Å²) in [5, 5.41) is 4.31. The van der Waals surface area contributed by atoms with Crippen molar-refractivity contribution in [3.63, 3.8) is 0 Å². The number of aryl methyl sites for hydroxylation is 1. The molecule has 0 aliphatic rings. The highest BCUT2D eigenvalue weighted by atomic mass is 35.5. The van der Waals surface area contributed by atoms with Crippen molar-refractivity contribution in [3.8, 4) is 0 Å². The number of nitrogens with zero attached hydrogens (tertiary/aromatic N) is 2. The number of ketones is 1. The van der Waals surface area contributed by atoms with Gasteiger partial charge in [-0.05, 0) is 24.6 Å². The second kappa shape index (κ2) is 5.31. The number of benzene rings is 1. The molecule has 0 bridgehead atoms. The maximum atomic E-state index is 12.9. The fourth-order valence-electron chi connectivity index (χ4n) is 1.62. The highest BCUT2D eigenvalue weighted by Crippen LogP contribution is 2.19. The van der Waals surface area contributed by atoms with Gasteiger partial charge < -0.3 is 0 Å². The molecule has 18 heavy (non-hydrogen) atoms. The van der Waals surface area contributed by atoms with Crippen LogP contribution >= 0.6 is 11.6 Å². The lowest BCUT2D eigenvalue weighted by atomic mass is 10.1. The van der Waals surface area contributed by atoms with E-state index in [1.807, 2.05) is 6.92 Å². The van der Waals surface area contributed by atoms with Gasteiger partial charge in [0.05, 0.1) is 11.8 Å². The molecule has 0 amide bonds. The third kappa shape index (κ3) is 2.76. The Balaban J connectivity index is 2.16. The first-order valence-electron chi connectivity index (χ1n) is 5.59. The molecule has 3 nitrogen and oxygen atoms in total. The fourth-order valence-corrected chi connectivity index (χ4v) is 1.85. The van der Waals surface area contributed by atoms with E-state index in [1.54, 1.807) is 10.9 Å². The first-order chi connectivity index (χ1) is 8.60. The zero-order valence-corrected chi connectivity index (χ0v) is 10.6. The normalized spacial score (nSPS) is 10.6. The van der Waals surface area contributed by atoms with Gasteiger partial charge in [-0.1, -0.05) is 17.7 Å². The van der Waals surface area contributed by atoms with Gasteiger partial charge in [-0.25, -0.2) is 4.39 Å². The zero-order chi connectivity index (χ0) is 13.1. The number of halogens is 2. The molecule has 0 aliphatic carbocycles. The second-order valence-corrected chi connectivity index (χ2v) is 4.33. The van der Waals surface area contributed by atoms with Gasteiger partial charge in [0.2, 0.25) is 0 Å². The molecule has 1 heterocycles. The number of carbonyl (C=O) groups is 1. The van der Waals surface area contributed by atoms with Gasteiger partial charge in [0.1, 0.15) is 5.82 Å². The van der Waals surface area contributed by atoms with Gasteiger partial charge in [0.25, 0.3) is 0 Å². The standard InChI is InChI=1S/C13H12ClFN2O/c1-2-17-8-10(7-16-17)13(18)5-9-3-4-11(15)6-12(9)14/h3-4,6-8H,2,5H2,1H3. The topological polar surface area (TPSA) is 34.9 Å². The van der Waals surface area contributed by atoms with E-state index in [4.69, 9.17) is 11.6 Å². The van der Waals surface area contributed by atoms with E-state index < -0.39 is 5.82 Å². The predicted octanol–water partition coefficient (Wildman–Crippen LogP) is 3.12. The zero-order valence-electron chi connectivity index (χ0n) is 9.86. The summed E-state index contributed by atoms with van der Waals surface area (Å²) >= 11 is 5.88. The van der Waals surface area contributed by atoms with E-state index >= 15 is 0 Å². The summed E-state index contributed by atoms with van der Waals surface area (Å²) in [5.74, 6) is -0.488. The number of rotatable bonds is 4. The van der Waals surface area contributed by atoms with Crippen LogP contribution < -0.4 is 0 Å². The lowest BCUT2D eigenvalue weighted by molar-refractivity contribution is 0.0993. The molecule has 5 heteroatoms. The smallest absolute Gasteiger partial charge is 0.170 e. The minimum absolute atomic E-state index is 0.0804. The van der Waals surface area contributed by atoms with Crippen molar-refractivity contribution in [1.29, 1.82) is 0 Å². The van der Waals surface area contributed by atoms with Crippen molar-refractivity contribution in [2.75, 3.05) is 0 Å². The second-order valence-electron chi connectivity index (χ2n) is 3.92. The number of hydrogen-bond acceptors (Lipinski definition) is 2. The Bertz CT molecular complexity index is 580. The SMILES string of the molecule is CCn1cc(C(=O)Cc2ccc(F)cc2Cl)cn1. The van der Waals surface area contributed by atoms with Gasteiger partial charge in [-0.15, -0.1) is 0 Å². The molecule has 1 aromatic carbocycles. The van der Waals surface area contributed by atoms with Crippen LogP contribution in [0.2, 0.25) is 5.02 Å². The molecule has 0 spiro atoms. The van der Waals surface area contributed by atoms with Crippen LogP contribution in [0.3, 0.4) is 0 Å². The van der Waals surface area contributed by atoms with Crippen LogP contribution in [0.15, 0.2) is 30.6 Å². The Kier molecular flexibility index (Phi) is 3.77. The molecule has 0 unspecified atom stereocenters. The van der Waals surface area contributed by atoms with E-state index in [2.05, 4.69) is 5.10 Å². The first-order valence-corrected chi connectivity index (χ1v) is 5.97. The van der Waals surface area contributed by atoms with Crippen LogP contribution in [0.4, 0.5) is 4.39 Å². The molecular formula is C13H12ClFN2O. The van der Waals surface area contributed by atoms with Crippen LogP contribution in [0.25, 0.3) is 0 Å². The maximum Gasteiger partial charge on any atom is 0.170 e. The largest absolute Gasteiger partial charge is 0.294 e. The number of aromatic nitrogens is 2. The Morgan fingerprint density at radius 2 is 2.28 bits per heavy atom. The molecule has 0 radical (unpaired) electrons. The number of carbonyl (C=O) groups excluding carboxylic acids is 1. The van der Waals surface area contributed by atoms with E-state index in [-0.39, 0.29) is 17.2 Å². The quantitative estimate of drug-likeness (QED) is 0.797. The molecule has 0 atom stereocenters. The summed E-state index contributed by atoms with van der Waals surface area (Å²) in [6.07, 6.45) is 3.37. The summed E-state index contributed by atoms with van der Waals surface area (Å²) in [5.41, 5.74) is 1.16. The number of hydrogen-bond donors (Lipinski definition) is 0. The molecule has 94 valence electrons. The van der Waals surface area contributed by atoms with Crippen LogP contribution in [0, 0.1) is 5.82 Å². The van der Waals surface area contributed by atoms with Crippen LogP contribution in [0.5, 0.6) is 0 Å². The van der Waals surface area contributed by atoms with Gasteiger partial charge in [-0.3, -0.25) is 9.48 Å². The lowest BCUT2D eigenvalue weighted by Gasteiger charge is -2.02. The Hall–Kier alpha value is -1.68. The molecule has 1 aromatic heterocycles. The molecule has 0 aliphatic heterocycles. The van der Waals surface area contributed by atoms with Gasteiger partial charge in [0, 0.05) is 24.2 Å². The Morgan fingerprint density at radius 3 is 2.89 bits per heavy atom. The summed E-state index contributed by atoms with van der Waals surface area (Å²) in [6.45, 7) is 2.66. The number of Topliss-reactive ketones (excluding diaryl/α,β-unsaturated/α-hetero) is 1. The van der Waals surface area contributed by atoms with Crippen LogP contribution in [-0.2, 0) is 13.0 Å².